The molecule has 0 aliphatic rings. The first-order valence-electron chi connectivity index (χ1n) is 4.42. The molecule has 0 aliphatic carbocycles. The second-order valence-electron chi connectivity index (χ2n) is 3.78. The van der Waals surface area contributed by atoms with Crippen molar-refractivity contribution in [1.82, 2.24) is 5.32 Å². The minimum Gasteiger partial charge on any atom is -0.478 e. The molecule has 4 heteroatoms. The summed E-state index contributed by atoms with van der Waals surface area (Å²) in [7, 11) is 0. The molecule has 0 bridgehead atoms. The van der Waals surface area contributed by atoms with Crippen LogP contribution >= 0.6 is 0 Å². The Hall–Kier alpha value is -1.76. The van der Waals surface area contributed by atoms with E-state index >= 15 is 0 Å². The number of carbonyl (C=O) groups excluding carboxylic acids is 1. The number of hydrogen-bond acceptors (Lipinski definition) is 2. The summed E-state index contributed by atoms with van der Waals surface area (Å²) in [6, 6.07) is 0. The van der Waals surface area contributed by atoms with Gasteiger partial charge in [-0.2, -0.15) is 0 Å². The van der Waals surface area contributed by atoms with Gasteiger partial charge in [-0.25, -0.2) is 4.79 Å². The van der Waals surface area contributed by atoms with Crippen LogP contribution in [-0.4, -0.2) is 22.5 Å². The van der Waals surface area contributed by atoms with Crippen molar-refractivity contribution in [2.24, 2.45) is 0 Å². The first-order valence-corrected chi connectivity index (χ1v) is 4.42. The first kappa shape index (κ1) is 13.2. The van der Waals surface area contributed by atoms with E-state index in [-0.39, 0.29) is 11.1 Å². The second kappa shape index (κ2) is 4.65. The standard InChI is InChI=1S/C11H15NO3/c1-6-11(4,5)12-9(13)7(2)8(3)10(14)15/h1H,2-5H3,(H,12,13)(H,14,15). The van der Waals surface area contributed by atoms with Crippen LogP contribution in [0.15, 0.2) is 11.1 Å². The third-order valence-corrected chi connectivity index (χ3v) is 2.01. The Morgan fingerprint density at radius 3 is 2.07 bits per heavy atom. The van der Waals surface area contributed by atoms with E-state index < -0.39 is 17.4 Å². The number of rotatable bonds is 3. The first-order chi connectivity index (χ1) is 6.71. The number of terminal acetylenes is 1. The third-order valence-electron chi connectivity index (χ3n) is 2.01. The summed E-state index contributed by atoms with van der Waals surface area (Å²) in [5.74, 6) is 0.823. The molecule has 1 amide bonds. The fourth-order valence-corrected chi connectivity index (χ4v) is 0.744. The predicted molar refractivity (Wildman–Crippen MR) is 57.1 cm³/mol. The summed E-state index contributed by atoms with van der Waals surface area (Å²) in [6.07, 6.45) is 5.19. The van der Waals surface area contributed by atoms with Crippen LogP contribution in [0.3, 0.4) is 0 Å². The summed E-state index contributed by atoms with van der Waals surface area (Å²) >= 11 is 0. The smallest absolute Gasteiger partial charge is 0.331 e. The number of nitrogens with one attached hydrogen (secondary N) is 1. The van der Waals surface area contributed by atoms with Gasteiger partial charge in [0, 0.05) is 11.1 Å². The molecule has 82 valence electrons. The molecular formula is C11H15NO3. The van der Waals surface area contributed by atoms with Crippen molar-refractivity contribution in [3.63, 3.8) is 0 Å². The van der Waals surface area contributed by atoms with Gasteiger partial charge in [-0.3, -0.25) is 4.79 Å². The molecule has 0 radical (unpaired) electrons. The van der Waals surface area contributed by atoms with Gasteiger partial charge < -0.3 is 10.4 Å². The zero-order chi connectivity index (χ0) is 12.2. The summed E-state index contributed by atoms with van der Waals surface area (Å²) in [4.78, 5) is 22.1. The third kappa shape index (κ3) is 3.86. The Kier molecular flexibility index (Phi) is 4.10. The van der Waals surface area contributed by atoms with Crippen LogP contribution in [0.5, 0.6) is 0 Å². The van der Waals surface area contributed by atoms with Gasteiger partial charge in [0.1, 0.15) is 0 Å². The normalized spacial score (nSPS) is 12.5. The van der Waals surface area contributed by atoms with Crippen LogP contribution in [-0.2, 0) is 9.59 Å². The number of aliphatic carboxylic acids is 1. The second-order valence-corrected chi connectivity index (χ2v) is 3.78. The summed E-state index contributed by atoms with van der Waals surface area (Å²) < 4.78 is 0. The molecule has 0 fully saturated rings. The highest BCUT2D eigenvalue weighted by atomic mass is 16.4. The van der Waals surface area contributed by atoms with Crippen LogP contribution in [0.1, 0.15) is 27.7 Å². The number of carbonyl (C=O) groups is 2. The molecule has 0 heterocycles. The zero-order valence-electron chi connectivity index (χ0n) is 9.34. The van der Waals surface area contributed by atoms with Crippen molar-refractivity contribution in [3.05, 3.63) is 11.1 Å². The lowest BCUT2D eigenvalue weighted by Gasteiger charge is -2.20. The molecular weight excluding hydrogens is 194 g/mol. The van der Waals surface area contributed by atoms with E-state index in [1.165, 1.54) is 13.8 Å². The van der Waals surface area contributed by atoms with E-state index in [1.807, 2.05) is 0 Å². The van der Waals surface area contributed by atoms with Crippen LogP contribution in [0.4, 0.5) is 0 Å². The molecule has 4 nitrogen and oxygen atoms in total. The minimum absolute atomic E-state index is 0.0142. The number of amides is 1. The Labute approximate surface area is 89.4 Å². The molecule has 0 rings (SSSR count). The lowest BCUT2D eigenvalue weighted by atomic mass is 10.1. The average Bonchev–Trinajstić information content (AvgIpc) is 2.14. The lowest BCUT2D eigenvalue weighted by molar-refractivity contribution is -0.133. The van der Waals surface area contributed by atoms with Gasteiger partial charge in [-0.1, -0.05) is 5.92 Å². The number of hydrogen-bond donors (Lipinski definition) is 2. The molecule has 0 aromatic rings. The van der Waals surface area contributed by atoms with Gasteiger partial charge in [0.15, 0.2) is 0 Å². The zero-order valence-corrected chi connectivity index (χ0v) is 9.34. The Morgan fingerprint density at radius 1 is 1.27 bits per heavy atom. The fraction of sp³-hybridized carbons (Fsp3) is 0.455. The maximum atomic E-state index is 11.5. The fourth-order valence-electron chi connectivity index (χ4n) is 0.744. The summed E-state index contributed by atoms with van der Waals surface area (Å²) in [6.45, 7) is 6.15. The Morgan fingerprint density at radius 2 is 1.73 bits per heavy atom. The van der Waals surface area contributed by atoms with Gasteiger partial charge in [0.05, 0.1) is 5.54 Å². The highest BCUT2D eigenvalue weighted by Gasteiger charge is 2.20. The molecule has 0 aromatic heterocycles. The van der Waals surface area contributed by atoms with Crippen molar-refractivity contribution in [3.8, 4) is 12.3 Å². The lowest BCUT2D eigenvalue weighted by Crippen LogP contribution is -2.42. The average molecular weight is 209 g/mol. The van der Waals surface area contributed by atoms with Crippen LogP contribution < -0.4 is 5.32 Å². The van der Waals surface area contributed by atoms with E-state index in [4.69, 9.17) is 11.5 Å². The van der Waals surface area contributed by atoms with Gasteiger partial charge in [-0.15, -0.1) is 6.42 Å². The van der Waals surface area contributed by atoms with Gasteiger partial charge >= 0.3 is 5.97 Å². The molecule has 0 unspecified atom stereocenters. The SMILES string of the molecule is C#CC(C)(C)NC(=O)C(C)=C(C)C(=O)O. The van der Waals surface area contributed by atoms with Gasteiger partial charge in [0.25, 0.3) is 0 Å². The maximum Gasteiger partial charge on any atom is 0.331 e. The topological polar surface area (TPSA) is 66.4 Å². The van der Waals surface area contributed by atoms with E-state index in [9.17, 15) is 9.59 Å². The van der Waals surface area contributed by atoms with Gasteiger partial charge in [0.2, 0.25) is 5.91 Å². The van der Waals surface area contributed by atoms with E-state index in [2.05, 4.69) is 11.2 Å². The van der Waals surface area contributed by atoms with E-state index in [1.54, 1.807) is 13.8 Å². The van der Waals surface area contributed by atoms with Crippen LogP contribution in [0.2, 0.25) is 0 Å². The molecule has 0 saturated heterocycles. The number of carboxylic acids is 1. The quantitative estimate of drug-likeness (QED) is 0.537. The van der Waals surface area contributed by atoms with Crippen molar-refractivity contribution >= 4 is 11.9 Å². The van der Waals surface area contributed by atoms with Crippen LogP contribution in [0.25, 0.3) is 0 Å². The largest absolute Gasteiger partial charge is 0.478 e. The van der Waals surface area contributed by atoms with E-state index in [0.29, 0.717) is 0 Å². The molecule has 0 spiro atoms. The highest BCUT2D eigenvalue weighted by molar-refractivity contribution is 6.01. The van der Waals surface area contributed by atoms with Crippen molar-refractivity contribution in [2.75, 3.05) is 0 Å². The number of carboxylic acid groups (broad SMARTS) is 1. The highest BCUT2D eigenvalue weighted by Crippen LogP contribution is 2.07. The van der Waals surface area contributed by atoms with Crippen molar-refractivity contribution < 1.29 is 14.7 Å². The van der Waals surface area contributed by atoms with Gasteiger partial charge in [-0.05, 0) is 27.7 Å². The van der Waals surface area contributed by atoms with Crippen molar-refractivity contribution in [2.45, 2.75) is 33.2 Å². The van der Waals surface area contributed by atoms with Crippen LogP contribution in [0, 0.1) is 12.3 Å². The molecule has 0 aromatic carbocycles. The minimum atomic E-state index is -1.11. The van der Waals surface area contributed by atoms with E-state index in [0.717, 1.165) is 0 Å². The molecule has 2 N–H and O–H groups in total. The summed E-state index contributed by atoms with van der Waals surface area (Å²) in [5, 5.41) is 11.2. The Balaban J connectivity index is 4.85. The maximum absolute atomic E-state index is 11.5. The summed E-state index contributed by atoms with van der Waals surface area (Å²) in [5.41, 5.74) is -0.608. The molecule has 0 saturated carbocycles. The Bertz CT molecular complexity index is 359. The monoisotopic (exact) mass is 209 g/mol. The molecule has 0 aliphatic heterocycles. The molecule has 0 atom stereocenters. The van der Waals surface area contributed by atoms with Crippen molar-refractivity contribution in [1.29, 1.82) is 0 Å². The predicted octanol–water partition coefficient (Wildman–Crippen LogP) is 0.935. The molecule has 15 heavy (non-hydrogen) atoms.